The van der Waals surface area contributed by atoms with E-state index in [2.05, 4.69) is 118 Å². The van der Waals surface area contributed by atoms with Crippen molar-refractivity contribution in [3.05, 3.63) is 0 Å². The predicted molar refractivity (Wildman–Crippen MR) is 623 cm³/mol. The van der Waals surface area contributed by atoms with Crippen LogP contribution in [0.4, 0.5) is 0 Å². The second-order valence-electron chi connectivity index (χ2n) is 49.6. The third-order valence-electron chi connectivity index (χ3n) is 37.3. The Kier molecular flexibility index (Phi) is 80.5. The van der Waals surface area contributed by atoms with Gasteiger partial charge in [-0.2, -0.15) is 0 Å². The lowest BCUT2D eigenvalue weighted by atomic mass is 9.77. The minimum atomic E-state index is 0.450. The molecule has 10 aliphatic heterocycles. The fourth-order valence-corrected chi connectivity index (χ4v) is 28.0. The van der Waals surface area contributed by atoms with Crippen molar-refractivity contribution in [2.75, 3.05) is 0 Å². The summed E-state index contributed by atoms with van der Waals surface area (Å²) in [7, 11) is 0. The van der Waals surface area contributed by atoms with Crippen LogP contribution in [-0.2, 0) is 47.4 Å². The van der Waals surface area contributed by atoms with Crippen molar-refractivity contribution in [2.45, 2.75) is 818 Å². The molecular weight excluding hydrogens is 1770 g/mol. The third kappa shape index (κ3) is 56.0. The van der Waals surface area contributed by atoms with E-state index in [9.17, 15) is 0 Å². The van der Waals surface area contributed by atoms with Crippen molar-refractivity contribution < 1.29 is 47.4 Å². The molecule has 854 valence electrons. The van der Waals surface area contributed by atoms with Gasteiger partial charge < -0.3 is 47.4 Å². The maximum atomic E-state index is 6.79. The predicted octanol–water partition coefficient (Wildman–Crippen LogP) is 42.4. The molecule has 10 nitrogen and oxygen atoms in total. The molecule has 0 radical (unpaired) electrons. The van der Waals surface area contributed by atoms with E-state index in [1.807, 2.05) is 0 Å². The van der Waals surface area contributed by atoms with Crippen molar-refractivity contribution in [3.63, 3.8) is 0 Å². The highest BCUT2D eigenvalue weighted by Gasteiger charge is 2.48. The first-order chi connectivity index (χ1) is 70.8. The number of hydrogen-bond acceptors (Lipinski definition) is 10. The quantitative estimate of drug-likeness (QED) is 0.0548. The Morgan fingerprint density at radius 3 is 0.493 bits per heavy atom. The molecule has 0 bridgehead atoms. The molecule has 0 aliphatic carbocycles. The average molecular weight is 2030 g/mol. The Balaban J connectivity index is 0.000000277. The lowest BCUT2D eigenvalue weighted by molar-refractivity contribution is -0.0834. The highest BCUT2D eigenvalue weighted by atomic mass is 16.5. The molecule has 0 aromatic carbocycles. The molecule has 0 aromatic rings. The van der Waals surface area contributed by atoms with E-state index >= 15 is 0 Å². The zero-order valence-electron chi connectivity index (χ0n) is 100. The first-order valence-corrected chi connectivity index (χ1v) is 67.3. The highest BCUT2D eigenvalue weighted by molar-refractivity contribution is 4.96. The summed E-state index contributed by atoms with van der Waals surface area (Å²) in [6.45, 7) is 39.4. The van der Waals surface area contributed by atoms with Crippen molar-refractivity contribution in [1.82, 2.24) is 0 Å². The Labute approximate surface area is 900 Å². The summed E-state index contributed by atoms with van der Waals surface area (Å²) in [4.78, 5) is 0. The number of ether oxygens (including phenoxy) is 10. The molecule has 0 amide bonds. The molecule has 144 heavy (non-hydrogen) atoms. The summed E-state index contributed by atoms with van der Waals surface area (Å²) in [6, 6.07) is 0. The monoisotopic (exact) mass is 2030 g/mol. The van der Waals surface area contributed by atoms with Crippen LogP contribution in [-0.4, -0.2) is 122 Å². The van der Waals surface area contributed by atoms with Gasteiger partial charge in [0.05, 0.1) is 122 Å². The van der Waals surface area contributed by atoms with E-state index < -0.39 is 0 Å². The maximum Gasteiger partial charge on any atom is 0.0635 e. The van der Waals surface area contributed by atoms with Crippen LogP contribution in [0.1, 0.15) is 696 Å². The molecule has 22 atom stereocenters. The van der Waals surface area contributed by atoms with E-state index in [1.165, 1.54) is 578 Å². The minimum absolute atomic E-state index is 0.450. The molecule has 10 heterocycles. The number of rotatable bonds is 82. The van der Waals surface area contributed by atoms with Gasteiger partial charge >= 0.3 is 0 Å². The standard InChI is InChI=1S/2C30H58O2.C28H54O2.C26H50O2.C20H38O2/c1-5-9-12-14-16-19-26-21-23-28(31-26)30(25(8-4)18-11-7-3)29-24-22-27(32-29)20-17-15-13-10-6-2;1-4-7-10-11-12-13-14-15-18-21-28(29-24-22-26(31-29)19-16-8-5-2)30-25-23-27(32-30)20-17-9-6-3;1-5-9-12-14-17-24-19-21-26(29-24)28(23(8-4)16-11-7-3)27-22-20-25(30-27)18-15-13-10-6-2;1-4-7-10-11-14-17-24(25-20-18-22(27-25)15-12-8-5-2)26-21-19-23(28-26)16-13-9-6-3;1-4-6-8-10-17-12-14-19(21-17)16(3)20-15-13-18(22-20)11-9-7-5-2/h25-30H,5-24H2,1-4H3;26-30H,4-25H2,1-3H3;23-28H,5-22H2,1-4H3;22-26H,4-21H2,1-3H3;16-20H,4-15H2,1-3H3. The maximum absolute atomic E-state index is 6.79. The zero-order valence-corrected chi connectivity index (χ0v) is 100. The average Bonchev–Trinajstić information content (AvgIpc) is 1.67. The van der Waals surface area contributed by atoms with Crippen molar-refractivity contribution in [1.29, 1.82) is 0 Å². The fraction of sp³-hybridized carbons (Fsp3) is 1.00. The van der Waals surface area contributed by atoms with Crippen LogP contribution in [0.5, 0.6) is 0 Å². The van der Waals surface area contributed by atoms with Crippen LogP contribution in [0.3, 0.4) is 0 Å². The van der Waals surface area contributed by atoms with Gasteiger partial charge in [0, 0.05) is 29.6 Å². The lowest BCUT2D eigenvalue weighted by Crippen LogP contribution is -2.38. The molecule has 0 aromatic heterocycles. The Morgan fingerprint density at radius 2 is 0.292 bits per heavy atom. The lowest BCUT2D eigenvalue weighted by Gasteiger charge is -2.36. The van der Waals surface area contributed by atoms with Crippen LogP contribution in [0.2, 0.25) is 0 Å². The Hall–Kier alpha value is -0.400. The molecule has 10 heteroatoms. The SMILES string of the molecule is CCCCCC1CCC(C(C)C2CCC(CCCCC)O2)O1.CCCCCCC1CCC(C(C(CC)CCCC)C2CCC(CCCCCC)O2)O1.CCCCCCCC(C1CCC(CCCCC)O1)C1CCC(CCCCC)O1.CCCCCCCC1CCC(C(C(CC)CCCC)C2CCC(CCCCCCC)O2)O1.CCCCCCCCCCCC(C1CCC(CCCCC)O1)C1CCC(CCCCC)O1. The van der Waals surface area contributed by atoms with Crippen LogP contribution in [0.15, 0.2) is 0 Å². The first-order valence-electron chi connectivity index (χ1n) is 67.3. The van der Waals surface area contributed by atoms with Gasteiger partial charge in [0.15, 0.2) is 0 Å². The summed E-state index contributed by atoms with van der Waals surface area (Å²) in [5.41, 5.74) is 0. The van der Waals surface area contributed by atoms with Gasteiger partial charge in [-0.25, -0.2) is 0 Å². The van der Waals surface area contributed by atoms with Crippen LogP contribution in [0.25, 0.3) is 0 Å². The Bertz CT molecular complexity index is 2620. The third-order valence-corrected chi connectivity index (χ3v) is 37.3. The van der Waals surface area contributed by atoms with Gasteiger partial charge in [-0.1, -0.05) is 490 Å². The van der Waals surface area contributed by atoms with E-state index in [4.69, 9.17) is 47.4 Å². The van der Waals surface area contributed by atoms with Gasteiger partial charge in [0.1, 0.15) is 0 Å². The molecular formula is C134H258O10. The normalized spacial score (nSPS) is 28.8. The second kappa shape index (κ2) is 87.7. The van der Waals surface area contributed by atoms with Crippen molar-refractivity contribution >= 4 is 0 Å². The highest BCUT2D eigenvalue weighted by Crippen LogP contribution is 2.48. The van der Waals surface area contributed by atoms with E-state index in [0.29, 0.717) is 152 Å². The van der Waals surface area contributed by atoms with E-state index in [1.54, 1.807) is 0 Å². The number of unbranched alkanes of at least 4 members (excludes halogenated alkanes) is 40. The number of hydrogen-bond donors (Lipinski definition) is 0. The zero-order chi connectivity index (χ0) is 103. The molecule has 10 fully saturated rings. The van der Waals surface area contributed by atoms with E-state index in [0.717, 1.165) is 11.8 Å². The van der Waals surface area contributed by atoms with E-state index in [-0.39, 0.29) is 0 Å². The van der Waals surface area contributed by atoms with Crippen LogP contribution >= 0.6 is 0 Å². The molecule has 10 aliphatic rings. The molecule has 0 spiro atoms. The molecule has 10 saturated heterocycles. The van der Waals surface area contributed by atoms with Crippen LogP contribution in [0, 0.1) is 41.4 Å². The summed E-state index contributed by atoms with van der Waals surface area (Å²) in [6.07, 6.45) is 130. The summed E-state index contributed by atoms with van der Waals surface area (Å²) < 4.78 is 66.3. The molecule has 0 saturated carbocycles. The van der Waals surface area contributed by atoms with Gasteiger partial charge in [-0.3, -0.25) is 0 Å². The minimum Gasteiger partial charge on any atom is -0.375 e. The van der Waals surface area contributed by atoms with Crippen molar-refractivity contribution in [3.8, 4) is 0 Å². The van der Waals surface area contributed by atoms with Gasteiger partial charge in [0.2, 0.25) is 0 Å². The topological polar surface area (TPSA) is 92.3 Å². The largest absolute Gasteiger partial charge is 0.375 e. The summed E-state index contributed by atoms with van der Waals surface area (Å²) in [5, 5.41) is 0. The van der Waals surface area contributed by atoms with Crippen LogP contribution < -0.4 is 0 Å². The van der Waals surface area contributed by atoms with Crippen molar-refractivity contribution in [2.24, 2.45) is 41.4 Å². The second-order valence-corrected chi connectivity index (χ2v) is 49.6. The smallest absolute Gasteiger partial charge is 0.0635 e. The Morgan fingerprint density at radius 1 is 0.146 bits per heavy atom. The fourth-order valence-electron chi connectivity index (χ4n) is 28.0. The molecule has 10 rings (SSSR count). The summed E-state index contributed by atoms with van der Waals surface area (Å²) >= 11 is 0. The molecule has 0 N–H and O–H groups in total. The first kappa shape index (κ1) is 132. The summed E-state index contributed by atoms with van der Waals surface area (Å²) in [5.74, 6) is 4.67. The van der Waals surface area contributed by atoms with Gasteiger partial charge in [-0.15, -0.1) is 0 Å². The molecule has 22 unspecified atom stereocenters. The van der Waals surface area contributed by atoms with Gasteiger partial charge in [-0.05, 0) is 217 Å². The van der Waals surface area contributed by atoms with Gasteiger partial charge in [0.25, 0.3) is 0 Å².